The number of halogens is 1. The van der Waals surface area contributed by atoms with Crippen LogP contribution in [0.1, 0.15) is 10.4 Å². The van der Waals surface area contributed by atoms with Crippen molar-refractivity contribution in [2.75, 3.05) is 26.1 Å². The van der Waals surface area contributed by atoms with E-state index in [1.807, 2.05) is 0 Å². The number of ether oxygens (including phenoxy) is 2. The summed E-state index contributed by atoms with van der Waals surface area (Å²) in [7, 11) is 2.91. The number of amides is 2. The second kappa shape index (κ2) is 8.21. The van der Waals surface area contributed by atoms with Crippen LogP contribution in [0.15, 0.2) is 42.5 Å². The minimum Gasteiger partial charge on any atom is -0.496 e. The Hall–Kier alpha value is -2.73. The van der Waals surface area contributed by atoms with E-state index in [2.05, 4.69) is 10.6 Å². The highest BCUT2D eigenvalue weighted by atomic mass is 35.5. The van der Waals surface area contributed by atoms with E-state index in [4.69, 9.17) is 21.1 Å². The summed E-state index contributed by atoms with van der Waals surface area (Å²) in [5.41, 5.74) is 0.829. The Bertz CT molecular complexity index is 710. The summed E-state index contributed by atoms with van der Waals surface area (Å²) < 4.78 is 10.3. The molecule has 0 heterocycles. The lowest BCUT2D eigenvalue weighted by molar-refractivity contribution is -0.115. The van der Waals surface area contributed by atoms with Crippen molar-refractivity contribution in [3.05, 3.63) is 53.1 Å². The van der Waals surface area contributed by atoms with Crippen LogP contribution in [-0.2, 0) is 4.79 Å². The highest BCUT2D eigenvalue weighted by Gasteiger charge is 2.18. The number of anilines is 1. The van der Waals surface area contributed by atoms with Gasteiger partial charge in [-0.15, -0.1) is 0 Å². The van der Waals surface area contributed by atoms with Crippen molar-refractivity contribution in [1.29, 1.82) is 0 Å². The first kappa shape index (κ1) is 17.6. The van der Waals surface area contributed by atoms with Crippen LogP contribution in [0.25, 0.3) is 0 Å². The zero-order valence-electron chi connectivity index (χ0n) is 13.3. The third-order valence-electron chi connectivity index (χ3n) is 3.19. The van der Waals surface area contributed by atoms with Crippen molar-refractivity contribution < 1.29 is 19.1 Å². The van der Waals surface area contributed by atoms with Crippen LogP contribution < -0.4 is 20.1 Å². The molecule has 2 amide bonds. The van der Waals surface area contributed by atoms with E-state index in [1.54, 1.807) is 42.5 Å². The van der Waals surface area contributed by atoms with E-state index < -0.39 is 5.91 Å². The minimum absolute atomic E-state index is 0.192. The fourth-order valence-electron chi connectivity index (χ4n) is 2.06. The lowest BCUT2D eigenvalue weighted by atomic mass is 10.1. The van der Waals surface area contributed by atoms with Crippen LogP contribution in [0, 0.1) is 0 Å². The highest BCUT2D eigenvalue weighted by Crippen LogP contribution is 2.27. The standard InChI is InChI=1S/C17H17ClN2O4/c1-23-13-4-3-5-14(24-2)16(13)17(22)19-10-15(21)20-12-8-6-11(18)7-9-12/h3-9H,10H2,1-2H3,(H,19,22)(H,20,21). The quantitative estimate of drug-likeness (QED) is 0.841. The Kier molecular flexibility index (Phi) is 6.03. The lowest BCUT2D eigenvalue weighted by Gasteiger charge is -2.13. The topological polar surface area (TPSA) is 76.7 Å². The van der Waals surface area contributed by atoms with Crippen molar-refractivity contribution in [3.63, 3.8) is 0 Å². The smallest absolute Gasteiger partial charge is 0.259 e. The molecule has 0 radical (unpaired) electrons. The molecule has 7 heteroatoms. The fourth-order valence-corrected chi connectivity index (χ4v) is 2.19. The maximum Gasteiger partial charge on any atom is 0.259 e. The molecule has 2 rings (SSSR count). The third kappa shape index (κ3) is 4.39. The largest absolute Gasteiger partial charge is 0.496 e. The van der Waals surface area contributed by atoms with Gasteiger partial charge < -0.3 is 20.1 Å². The molecule has 2 aromatic carbocycles. The number of methoxy groups -OCH3 is 2. The van der Waals surface area contributed by atoms with E-state index in [0.29, 0.717) is 22.2 Å². The molecule has 2 aromatic rings. The van der Waals surface area contributed by atoms with Crippen LogP contribution in [0.2, 0.25) is 5.02 Å². The van der Waals surface area contributed by atoms with Crippen molar-refractivity contribution in [2.24, 2.45) is 0 Å². The molecule has 24 heavy (non-hydrogen) atoms. The number of carbonyl (C=O) groups is 2. The second-order valence-corrected chi connectivity index (χ2v) is 5.21. The van der Waals surface area contributed by atoms with E-state index in [1.165, 1.54) is 14.2 Å². The van der Waals surface area contributed by atoms with Gasteiger partial charge in [0, 0.05) is 10.7 Å². The Morgan fingerprint density at radius 3 is 2.12 bits per heavy atom. The molecule has 0 fully saturated rings. The molecule has 6 nitrogen and oxygen atoms in total. The van der Waals surface area contributed by atoms with E-state index in [-0.39, 0.29) is 18.0 Å². The highest BCUT2D eigenvalue weighted by molar-refractivity contribution is 6.30. The SMILES string of the molecule is COc1cccc(OC)c1C(=O)NCC(=O)Nc1ccc(Cl)cc1. The number of rotatable bonds is 6. The summed E-state index contributed by atoms with van der Waals surface area (Å²) >= 11 is 5.78. The summed E-state index contributed by atoms with van der Waals surface area (Å²) in [6.45, 7) is -0.192. The predicted octanol–water partition coefficient (Wildman–Crippen LogP) is 2.73. The van der Waals surface area contributed by atoms with E-state index in [0.717, 1.165) is 0 Å². The van der Waals surface area contributed by atoms with Gasteiger partial charge in [0.15, 0.2) is 0 Å². The fraction of sp³-hybridized carbons (Fsp3) is 0.176. The van der Waals surface area contributed by atoms with Crippen molar-refractivity contribution in [2.45, 2.75) is 0 Å². The van der Waals surface area contributed by atoms with Crippen LogP contribution in [0.4, 0.5) is 5.69 Å². The van der Waals surface area contributed by atoms with Gasteiger partial charge in [-0.3, -0.25) is 9.59 Å². The van der Waals surface area contributed by atoms with Gasteiger partial charge >= 0.3 is 0 Å². The monoisotopic (exact) mass is 348 g/mol. The van der Waals surface area contributed by atoms with Gasteiger partial charge in [0.1, 0.15) is 17.1 Å². The average molecular weight is 349 g/mol. The molecular formula is C17H17ClN2O4. The summed E-state index contributed by atoms with van der Waals surface area (Å²) in [6.07, 6.45) is 0. The number of hydrogen-bond donors (Lipinski definition) is 2. The zero-order valence-corrected chi connectivity index (χ0v) is 14.0. The van der Waals surface area contributed by atoms with Gasteiger partial charge in [0.05, 0.1) is 20.8 Å². The third-order valence-corrected chi connectivity index (χ3v) is 3.44. The molecule has 0 aliphatic carbocycles. The molecule has 0 bridgehead atoms. The number of nitrogens with one attached hydrogen (secondary N) is 2. The summed E-state index contributed by atoms with van der Waals surface area (Å²) in [5, 5.41) is 5.77. The molecule has 0 aromatic heterocycles. The normalized spacial score (nSPS) is 9.96. The van der Waals surface area contributed by atoms with Gasteiger partial charge in [0.25, 0.3) is 5.91 Å². The van der Waals surface area contributed by atoms with Gasteiger partial charge in [-0.1, -0.05) is 17.7 Å². The predicted molar refractivity (Wildman–Crippen MR) is 92.0 cm³/mol. The van der Waals surface area contributed by atoms with Crippen LogP contribution in [0.3, 0.4) is 0 Å². The molecule has 0 aliphatic heterocycles. The molecule has 0 unspecified atom stereocenters. The van der Waals surface area contributed by atoms with Gasteiger partial charge in [0.2, 0.25) is 5.91 Å². The number of benzene rings is 2. The lowest BCUT2D eigenvalue weighted by Crippen LogP contribution is -2.33. The van der Waals surface area contributed by atoms with Gasteiger partial charge in [-0.25, -0.2) is 0 Å². The Morgan fingerprint density at radius 2 is 1.58 bits per heavy atom. The Morgan fingerprint density at radius 1 is 1.00 bits per heavy atom. The number of carbonyl (C=O) groups excluding carboxylic acids is 2. The summed E-state index contributed by atoms with van der Waals surface area (Å²) in [4.78, 5) is 24.3. The first-order chi connectivity index (χ1) is 11.5. The average Bonchev–Trinajstić information content (AvgIpc) is 2.60. The molecule has 0 saturated carbocycles. The Labute approximate surface area is 144 Å². The first-order valence-corrected chi connectivity index (χ1v) is 7.47. The van der Waals surface area contributed by atoms with Crippen LogP contribution in [-0.4, -0.2) is 32.6 Å². The minimum atomic E-state index is -0.462. The first-order valence-electron chi connectivity index (χ1n) is 7.09. The second-order valence-electron chi connectivity index (χ2n) is 4.78. The zero-order chi connectivity index (χ0) is 17.5. The van der Waals surface area contributed by atoms with Crippen molar-refractivity contribution >= 4 is 29.1 Å². The van der Waals surface area contributed by atoms with Crippen molar-refractivity contribution in [1.82, 2.24) is 5.32 Å². The molecule has 0 spiro atoms. The molecule has 0 saturated heterocycles. The van der Waals surface area contributed by atoms with Gasteiger partial charge in [-0.2, -0.15) is 0 Å². The Balaban J connectivity index is 2.00. The van der Waals surface area contributed by atoms with E-state index >= 15 is 0 Å². The molecule has 0 aliphatic rings. The summed E-state index contributed by atoms with van der Waals surface area (Å²) in [6, 6.07) is 11.7. The van der Waals surface area contributed by atoms with Gasteiger partial charge in [-0.05, 0) is 36.4 Å². The molecule has 126 valence electrons. The summed E-state index contributed by atoms with van der Waals surface area (Å²) in [5.74, 6) is -0.0926. The molecule has 0 atom stereocenters. The van der Waals surface area contributed by atoms with Crippen molar-refractivity contribution in [3.8, 4) is 11.5 Å². The molecular weight excluding hydrogens is 332 g/mol. The maximum atomic E-state index is 12.3. The van der Waals surface area contributed by atoms with E-state index in [9.17, 15) is 9.59 Å². The van der Waals surface area contributed by atoms with Crippen LogP contribution >= 0.6 is 11.6 Å². The molecule has 2 N–H and O–H groups in total. The van der Waals surface area contributed by atoms with Crippen LogP contribution in [0.5, 0.6) is 11.5 Å². The number of hydrogen-bond acceptors (Lipinski definition) is 4. The maximum absolute atomic E-state index is 12.3.